The monoisotopic (exact) mass is 475 g/mol. The molecule has 32 heavy (non-hydrogen) atoms. The van der Waals surface area contributed by atoms with Crippen LogP contribution in [0.5, 0.6) is 0 Å². The van der Waals surface area contributed by atoms with Crippen molar-refractivity contribution in [2.45, 2.75) is 156 Å². The standard InChI is InChI=1S/C27H58NO3P/c1-4-7-9-11-13-15-17-19-21-23-25-28(32(29,30)31-27-6-3)26-24-22-20-18-16-14-12-10-8-5-2/h4-27H2,1-3H3,(H,29,30). The number of unbranched alkanes of at least 4 members (excludes halogenated alkanes) is 18. The largest absolute Gasteiger partial charge is 0.405 e. The Morgan fingerprint density at radius 1 is 0.531 bits per heavy atom. The molecule has 0 aromatic heterocycles. The lowest BCUT2D eigenvalue weighted by Crippen LogP contribution is -2.24. The first-order valence-corrected chi connectivity index (χ1v) is 15.8. The molecule has 1 unspecified atom stereocenters. The first-order valence-electron chi connectivity index (χ1n) is 14.3. The van der Waals surface area contributed by atoms with Gasteiger partial charge >= 0.3 is 7.75 Å². The van der Waals surface area contributed by atoms with E-state index in [1.807, 2.05) is 6.92 Å². The summed E-state index contributed by atoms with van der Waals surface area (Å²) in [5.41, 5.74) is 0. The van der Waals surface area contributed by atoms with E-state index in [2.05, 4.69) is 13.8 Å². The molecule has 0 amide bonds. The molecule has 5 heteroatoms. The van der Waals surface area contributed by atoms with Gasteiger partial charge in [-0.1, -0.05) is 136 Å². The van der Waals surface area contributed by atoms with E-state index in [-0.39, 0.29) is 0 Å². The second kappa shape index (κ2) is 24.2. The van der Waals surface area contributed by atoms with Gasteiger partial charge < -0.3 is 4.89 Å². The number of hydrogen-bond donors (Lipinski definition) is 1. The fourth-order valence-electron chi connectivity index (χ4n) is 4.22. The number of nitrogens with zero attached hydrogens (tertiary/aromatic N) is 1. The zero-order valence-electron chi connectivity index (χ0n) is 22.1. The predicted octanol–water partition coefficient (Wildman–Crippen LogP) is 9.66. The SMILES string of the molecule is CCCCCCCCCCCCN(CCCCCCCCCCCC)P(=O)(O)OCCC. The van der Waals surface area contributed by atoms with Gasteiger partial charge in [0, 0.05) is 13.1 Å². The van der Waals surface area contributed by atoms with Crippen LogP contribution >= 0.6 is 7.75 Å². The zero-order chi connectivity index (χ0) is 23.8. The summed E-state index contributed by atoms with van der Waals surface area (Å²) in [5.74, 6) is 0. The lowest BCUT2D eigenvalue weighted by Gasteiger charge is -2.26. The smallest absolute Gasteiger partial charge is 0.312 e. The van der Waals surface area contributed by atoms with Crippen LogP contribution in [0.1, 0.15) is 156 Å². The van der Waals surface area contributed by atoms with Gasteiger partial charge in [-0.2, -0.15) is 0 Å². The second-order valence-corrected chi connectivity index (χ2v) is 11.4. The highest BCUT2D eigenvalue weighted by atomic mass is 31.2. The minimum atomic E-state index is -3.64. The Morgan fingerprint density at radius 3 is 1.16 bits per heavy atom. The van der Waals surface area contributed by atoms with Crippen LogP contribution in [0, 0.1) is 0 Å². The maximum atomic E-state index is 12.7. The van der Waals surface area contributed by atoms with E-state index in [1.165, 1.54) is 103 Å². The normalized spacial score (nSPS) is 13.7. The Hall–Kier alpha value is 0.110. The minimum absolute atomic E-state index is 0.361. The van der Waals surface area contributed by atoms with Crippen molar-refractivity contribution in [3.05, 3.63) is 0 Å². The summed E-state index contributed by atoms with van der Waals surface area (Å²) >= 11 is 0. The van der Waals surface area contributed by atoms with Crippen LogP contribution in [-0.4, -0.2) is 29.3 Å². The van der Waals surface area contributed by atoms with Gasteiger partial charge in [-0.25, -0.2) is 9.24 Å². The summed E-state index contributed by atoms with van der Waals surface area (Å²) < 4.78 is 19.8. The Morgan fingerprint density at radius 2 is 0.844 bits per heavy atom. The van der Waals surface area contributed by atoms with Gasteiger partial charge in [-0.15, -0.1) is 0 Å². The molecular formula is C27H58NO3P. The summed E-state index contributed by atoms with van der Waals surface area (Å²) in [6.07, 6.45) is 26.4. The molecule has 0 aliphatic carbocycles. The van der Waals surface area contributed by atoms with Gasteiger partial charge in [0.2, 0.25) is 0 Å². The van der Waals surface area contributed by atoms with Crippen LogP contribution in [0.4, 0.5) is 0 Å². The Kier molecular flexibility index (Phi) is 24.3. The van der Waals surface area contributed by atoms with E-state index >= 15 is 0 Å². The van der Waals surface area contributed by atoms with Crippen LogP contribution in [-0.2, 0) is 9.09 Å². The number of hydrogen-bond acceptors (Lipinski definition) is 2. The van der Waals surface area contributed by atoms with E-state index in [0.717, 1.165) is 32.1 Å². The van der Waals surface area contributed by atoms with Crippen molar-refractivity contribution in [3.8, 4) is 0 Å². The van der Waals surface area contributed by atoms with E-state index < -0.39 is 7.75 Å². The third-order valence-corrected chi connectivity index (χ3v) is 7.99. The van der Waals surface area contributed by atoms with Gasteiger partial charge in [-0.05, 0) is 19.3 Å². The predicted molar refractivity (Wildman–Crippen MR) is 141 cm³/mol. The molecule has 1 N–H and O–H groups in total. The zero-order valence-corrected chi connectivity index (χ0v) is 23.0. The van der Waals surface area contributed by atoms with Crippen LogP contribution in [0.2, 0.25) is 0 Å². The van der Waals surface area contributed by atoms with Crippen molar-refractivity contribution in [1.82, 2.24) is 4.67 Å². The average Bonchev–Trinajstić information content (AvgIpc) is 2.78. The molecule has 0 fully saturated rings. The quantitative estimate of drug-likeness (QED) is 0.0999. The molecular weight excluding hydrogens is 417 g/mol. The number of rotatable bonds is 26. The van der Waals surface area contributed by atoms with Gasteiger partial charge in [0.05, 0.1) is 6.61 Å². The molecule has 0 aliphatic rings. The van der Waals surface area contributed by atoms with Gasteiger partial charge in [0.15, 0.2) is 0 Å². The van der Waals surface area contributed by atoms with Crippen molar-refractivity contribution in [2.75, 3.05) is 19.7 Å². The maximum absolute atomic E-state index is 12.7. The Bertz CT molecular complexity index is 396. The fraction of sp³-hybridized carbons (Fsp3) is 1.00. The van der Waals surface area contributed by atoms with Crippen LogP contribution in [0.3, 0.4) is 0 Å². The van der Waals surface area contributed by atoms with E-state index in [9.17, 15) is 9.46 Å². The maximum Gasteiger partial charge on any atom is 0.405 e. The van der Waals surface area contributed by atoms with Gasteiger partial charge in [-0.3, -0.25) is 4.52 Å². The van der Waals surface area contributed by atoms with Crippen molar-refractivity contribution >= 4 is 7.75 Å². The summed E-state index contributed by atoms with van der Waals surface area (Å²) in [5, 5.41) is 0. The highest BCUT2D eigenvalue weighted by Gasteiger charge is 2.28. The molecule has 0 spiro atoms. The lowest BCUT2D eigenvalue weighted by atomic mass is 10.1. The molecule has 0 bridgehead atoms. The third-order valence-electron chi connectivity index (χ3n) is 6.36. The molecule has 194 valence electrons. The molecule has 0 aromatic carbocycles. The van der Waals surface area contributed by atoms with Crippen molar-refractivity contribution in [2.24, 2.45) is 0 Å². The lowest BCUT2D eigenvalue weighted by molar-refractivity contribution is 0.197. The Labute approximate surface area is 201 Å². The van der Waals surface area contributed by atoms with Gasteiger partial charge in [0.1, 0.15) is 0 Å². The molecule has 0 saturated heterocycles. The highest BCUT2D eigenvalue weighted by Crippen LogP contribution is 2.46. The van der Waals surface area contributed by atoms with Crippen molar-refractivity contribution in [1.29, 1.82) is 0 Å². The summed E-state index contributed by atoms with van der Waals surface area (Å²) in [6, 6.07) is 0. The van der Waals surface area contributed by atoms with Gasteiger partial charge in [0.25, 0.3) is 0 Å². The molecule has 0 aliphatic heterocycles. The molecule has 4 nitrogen and oxygen atoms in total. The fourth-order valence-corrected chi connectivity index (χ4v) is 5.59. The second-order valence-electron chi connectivity index (χ2n) is 9.64. The van der Waals surface area contributed by atoms with Crippen molar-refractivity contribution in [3.63, 3.8) is 0 Å². The van der Waals surface area contributed by atoms with Crippen molar-refractivity contribution < 1.29 is 14.0 Å². The highest BCUT2D eigenvalue weighted by molar-refractivity contribution is 7.50. The first-order chi connectivity index (χ1) is 15.6. The van der Waals surface area contributed by atoms with E-state index in [0.29, 0.717) is 19.7 Å². The molecule has 0 saturated carbocycles. The van der Waals surface area contributed by atoms with E-state index in [1.54, 1.807) is 4.67 Å². The van der Waals surface area contributed by atoms with Crippen LogP contribution < -0.4 is 0 Å². The van der Waals surface area contributed by atoms with Crippen LogP contribution in [0.25, 0.3) is 0 Å². The van der Waals surface area contributed by atoms with E-state index in [4.69, 9.17) is 4.52 Å². The molecule has 0 heterocycles. The third kappa shape index (κ3) is 20.7. The van der Waals surface area contributed by atoms with Crippen LogP contribution in [0.15, 0.2) is 0 Å². The molecule has 1 atom stereocenters. The summed E-state index contributed by atoms with van der Waals surface area (Å²) in [7, 11) is -3.64. The first kappa shape index (κ1) is 32.1. The molecule has 0 rings (SSSR count). The molecule has 0 radical (unpaired) electrons. The topological polar surface area (TPSA) is 49.8 Å². The summed E-state index contributed by atoms with van der Waals surface area (Å²) in [6.45, 7) is 8.24. The Balaban J connectivity index is 3.98. The average molecular weight is 476 g/mol. The summed E-state index contributed by atoms with van der Waals surface area (Å²) in [4.78, 5) is 10.5. The minimum Gasteiger partial charge on any atom is -0.312 e. The molecule has 0 aromatic rings.